The summed E-state index contributed by atoms with van der Waals surface area (Å²) in [5.41, 5.74) is 2.60. The maximum atomic E-state index is 4.34. The van der Waals surface area contributed by atoms with Gasteiger partial charge in [0.1, 0.15) is 0 Å². The van der Waals surface area contributed by atoms with Crippen LogP contribution in [0.2, 0.25) is 0 Å². The highest BCUT2D eigenvalue weighted by atomic mass is 32.2. The lowest BCUT2D eigenvalue weighted by Gasteiger charge is -2.12. The van der Waals surface area contributed by atoms with Gasteiger partial charge in [0.05, 0.1) is 0 Å². The van der Waals surface area contributed by atoms with Crippen LogP contribution in [0, 0.1) is 0 Å². The van der Waals surface area contributed by atoms with Gasteiger partial charge in [-0.25, -0.2) is 0 Å². The third-order valence-corrected chi connectivity index (χ3v) is 4.38. The Kier molecular flexibility index (Phi) is 3.62. The first-order chi connectivity index (χ1) is 8.93. The third-order valence-electron chi connectivity index (χ3n) is 3.20. The Morgan fingerprint density at radius 3 is 2.94 bits per heavy atom. The molecule has 1 aromatic carbocycles. The van der Waals surface area contributed by atoms with Gasteiger partial charge in [0.15, 0.2) is 0 Å². The summed E-state index contributed by atoms with van der Waals surface area (Å²) < 4.78 is 0. The maximum absolute atomic E-state index is 4.34. The van der Waals surface area contributed by atoms with Gasteiger partial charge in [-0.05, 0) is 23.8 Å². The van der Waals surface area contributed by atoms with E-state index in [1.165, 1.54) is 10.5 Å². The van der Waals surface area contributed by atoms with E-state index in [0.717, 1.165) is 24.4 Å². The Morgan fingerprint density at radius 1 is 1.17 bits per heavy atom. The van der Waals surface area contributed by atoms with Crippen molar-refractivity contribution in [3.63, 3.8) is 0 Å². The van der Waals surface area contributed by atoms with Crippen molar-refractivity contribution >= 4 is 11.8 Å². The fourth-order valence-corrected chi connectivity index (χ4v) is 3.45. The molecule has 2 heterocycles. The summed E-state index contributed by atoms with van der Waals surface area (Å²) in [6, 6.07) is 15.3. The van der Waals surface area contributed by atoms with Crippen LogP contribution in [0.4, 0.5) is 0 Å². The molecule has 92 valence electrons. The van der Waals surface area contributed by atoms with Crippen molar-refractivity contribution in [2.75, 3.05) is 12.3 Å². The molecule has 18 heavy (non-hydrogen) atoms. The number of hydrogen-bond acceptors (Lipinski definition) is 3. The first-order valence-corrected chi connectivity index (χ1v) is 7.27. The topological polar surface area (TPSA) is 24.9 Å². The molecular formula is C15H16N2S. The lowest BCUT2D eigenvalue weighted by Crippen LogP contribution is -2.23. The molecule has 1 aliphatic rings. The summed E-state index contributed by atoms with van der Waals surface area (Å²) in [5.74, 6) is 1.14. The minimum atomic E-state index is 0.495. The highest BCUT2D eigenvalue weighted by molar-refractivity contribution is 7.99. The minimum Gasteiger partial charge on any atom is -0.309 e. The summed E-state index contributed by atoms with van der Waals surface area (Å²) in [6.45, 7) is 0.983. The van der Waals surface area contributed by atoms with Crippen LogP contribution in [-0.4, -0.2) is 17.3 Å². The second kappa shape index (κ2) is 5.55. The molecule has 3 rings (SSSR count). The molecule has 0 aliphatic carbocycles. The fraction of sp³-hybridized carbons (Fsp3) is 0.267. The number of rotatable bonds is 4. The lowest BCUT2D eigenvalue weighted by molar-refractivity contribution is 0.582. The van der Waals surface area contributed by atoms with E-state index in [0.29, 0.717) is 6.04 Å². The highest BCUT2D eigenvalue weighted by Gasteiger charge is 2.21. The van der Waals surface area contributed by atoms with E-state index in [4.69, 9.17) is 0 Å². The quantitative estimate of drug-likeness (QED) is 0.910. The minimum absolute atomic E-state index is 0.495. The third kappa shape index (κ3) is 2.57. The van der Waals surface area contributed by atoms with Crippen LogP contribution in [0.25, 0.3) is 0 Å². The molecule has 3 heteroatoms. The van der Waals surface area contributed by atoms with E-state index in [1.54, 1.807) is 0 Å². The summed E-state index contributed by atoms with van der Waals surface area (Å²) in [7, 11) is 0. The molecule has 1 atom stereocenters. The average Bonchev–Trinajstić information content (AvgIpc) is 2.84. The molecule has 1 aromatic heterocycles. The normalized spacial score (nSPS) is 17.7. The maximum Gasteiger partial charge on any atom is 0.0426 e. The summed E-state index contributed by atoms with van der Waals surface area (Å²) in [4.78, 5) is 5.77. The number of thioether (sulfide) groups is 1. The van der Waals surface area contributed by atoms with Crippen LogP contribution in [0.5, 0.6) is 0 Å². The van der Waals surface area contributed by atoms with Crippen molar-refractivity contribution in [1.82, 2.24) is 10.3 Å². The number of benzene rings is 1. The van der Waals surface area contributed by atoms with Gasteiger partial charge in [-0.1, -0.05) is 24.3 Å². The molecular weight excluding hydrogens is 240 g/mol. The first kappa shape index (κ1) is 11.8. The number of pyridine rings is 1. The molecule has 0 radical (unpaired) electrons. The van der Waals surface area contributed by atoms with E-state index >= 15 is 0 Å². The Labute approximate surface area is 112 Å². The zero-order valence-electron chi connectivity index (χ0n) is 10.2. The molecule has 2 nitrogen and oxygen atoms in total. The Balaban J connectivity index is 1.56. The average molecular weight is 256 g/mol. The fourth-order valence-electron chi connectivity index (χ4n) is 2.25. The van der Waals surface area contributed by atoms with Gasteiger partial charge >= 0.3 is 0 Å². The van der Waals surface area contributed by atoms with Gasteiger partial charge in [-0.3, -0.25) is 4.98 Å². The summed E-state index contributed by atoms with van der Waals surface area (Å²) in [5, 5.41) is 3.63. The summed E-state index contributed by atoms with van der Waals surface area (Å²) in [6.07, 6.45) is 2.85. The smallest absolute Gasteiger partial charge is 0.0426 e. The zero-order chi connectivity index (χ0) is 12.2. The molecule has 0 fully saturated rings. The monoisotopic (exact) mass is 256 g/mol. The standard InChI is InChI=1S/C15H16N2S/c1-2-7-15-13(6-1)14(11-18-15)17-10-8-12-5-3-4-9-16-12/h1-7,9,14,17H,8,10-11H2. The van der Waals surface area contributed by atoms with Crippen LogP contribution < -0.4 is 5.32 Å². The van der Waals surface area contributed by atoms with Crippen LogP contribution in [0.1, 0.15) is 17.3 Å². The molecule has 1 aliphatic heterocycles. The van der Waals surface area contributed by atoms with Crippen molar-refractivity contribution in [3.05, 3.63) is 59.9 Å². The Hall–Kier alpha value is -1.32. The molecule has 1 unspecified atom stereocenters. The van der Waals surface area contributed by atoms with Gasteiger partial charge in [-0.15, -0.1) is 11.8 Å². The van der Waals surface area contributed by atoms with E-state index in [1.807, 2.05) is 30.1 Å². The van der Waals surface area contributed by atoms with Crippen molar-refractivity contribution in [3.8, 4) is 0 Å². The predicted molar refractivity (Wildman–Crippen MR) is 75.9 cm³/mol. The molecule has 2 aromatic rings. The van der Waals surface area contributed by atoms with Crippen LogP contribution in [0.3, 0.4) is 0 Å². The predicted octanol–water partition coefficient (Wildman–Crippen LogP) is 3.06. The van der Waals surface area contributed by atoms with E-state index in [9.17, 15) is 0 Å². The molecule has 1 N–H and O–H groups in total. The summed E-state index contributed by atoms with van der Waals surface area (Å²) >= 11 is 1.94. The van der Waals surface area contributed by atoms with E-state index < -0.39 is 0 Å². The Morgan fingerprint density at radius 2 is 2.06 bits per heavy atom. The van der Waals surface area contributed by atoms with E-state index in [2.05, 4.69) is 40.6 Å². The number of nitrogens with one attached hydrogen (secondary N) is 1. The number of hydrogen-bond donors (Lipinski definition) is 1. The molecule has 0 amide bonds. The highest BCUT2D eigenvalue weighted by Crippen LogP contribution is 2.37. The van der Waals surface area contributed by atoms with Gasteiger partial charge < -0.3 is 5.32 Å². The SMILES string of the molecule is c1ccc(CCNC2CSc3ccccc32)nc1. The van der Waals surface area contributed by atoms with E-state index in [-0.39, 0.29) is 0 Å². The lowest BCUT2D eigenvalue weighted by atomic mass is 10.1. The first-order valence-electron chi connectivity index (χ1n) is 6.28. The van der Waals surface area contributed by atoms with Crippen molar-refractivity contribution < 1.29 is 0 Å². The molecule has 0 spiro atoms. The second-order valence-electron chi connectivity index (χ2n) is 4.43. The van der Waals surface area contributed by atoms with Crippen LogP contribution in [0.15, 0.2) is 53.6 Å². The van der Waals surface area contributed by atoms with Crippen molar-refractivity contribution in [1.29, 1.82) is 0 Å². The second-order valence-corrected chi connectivity index (χ2v) is 5.49. The van der Waals surface area contributed by atoms with Crippen LogP contribution in [-0.2, 0) is 6.42 Å². The number of fused-ring (bicyclic) bond motifs is 1. The van der Waals surface area contributed by atoms with Crippen LogP contribution >= 0.6 is 11.8 Å². The Bertz CT molecular complexity index is 513. The zero-order valence-corrected chi connectivity index (χ0v) is 11.0. The van der Waals surface area contributed by atoms with Gasteiger partial charge in [0, 0.05) is 41.5 Å². The largest absolute Gasteiger partial charge is 0.309 e. The number of aromatic nitrogens is 1. The van der Waals surface area contributed by atoms with Crippen molar-refractivity contribution in [2.45, 2.75) is 17.4 Å². The van der Waals surface area contributed by atoms with Gasteiger partial charge in [0.2, 0.25) is 0 Å². The van der Waals surface area contributed by atoms with Gasteiger partial charge in [0.25, 0.3) is 0 Å². The van der Waals surface area contributed by atoms with Gasteiger partial charge in [-0.2, -0.15) is 0 Å². The molecule has 0 bridgehead atoms. The number of nitrogens with zero attached hydrogens (tertiary/aromatic N) is 1. The molecule has 0 saturated heterocycles. The van der Waals surface area contributed by atoms with Crippen molar-refractivity contribution in [2.24, 2.45) is 0 Å². The molecule has 0 saturated carbocycles.